The zero-order valence-electron chi connectivity index (χ0n) is 17.1. The highest BCUT2D eigenvalue weighted by Gasteiger charge is 2.18. The third-order valence-corrected chi connectivity index (χ3v) is 8.09. The summed E-state index contributed by atoms with van der Waals surface area (Å²) >= 11 is 0. The summed E-state index contributed by atoms with van der Waals surface area (Å²) in [5, 5.41) is 3.24. The fourth-order valence-corrected chi connectivity index (χ4v) is 6.49. The molecule has 0 saturated heterocycles. The highest BCUT2D eigenvalue weighted by atomic mass is 31.1. The highest BCUT2D eigenvalue weighted by molar-refractivity contribution is 7.73. The van der Waals surface area contributed by atoms with Gasteiger partial charge in [-0.15, -0.1) is 0 Å². The number of hydrogen-bond donors (Lipinski definition) is 0. The Hall–Kier alpha value is -1.13. The number of rotatable bonds is 12. The fourth-order valence-electron chi connectivity index (χ4n) is 3.64. The molecule has 26 heavy (non-hydrogen) atoms. The van der Waals surface area contributed by atoms with E-state index in [4.69, 9.17) is 0 Å². The van der Waals surface area contributed by atoms with E-state index in [-0.39, 0.29) is 7.92 Å². The van der Waals surface area contributed by atoms with E-state index in [0.717, 1.165) is 0 Å². The van der Waals surface area contributed by atoms with Gasteiger partial charge in [0.1, 0.15) is 0 Å². The van der Waals surface area contributed by atoms with E-state index >= 15 is 0 Å². The topological polar surface area (TPSA) is 0 Å². The van der Waals surface area contributed by atoms with E-state index in [1.165, 1.54) is 69.5 Å². The van der Waals surface area contributed by atoms with Gasteiger partial charge in [0.25, 0.3) is 0 Å². The Morgan fingerprint density at radius 2 is 1.27 bits per heavy atom. The van der Waals surface area contributed by atoms with E-state index in [1.807, 2.05) is 0 Å². The Kier molecular flexibility index (Phi) is 10.0. The normalized spacial score (nSPS) is 12.3. The predicted molar refractivity (Wildman–Crippen MR) is 121 cm³/mol. The molecule has 0 radical (unpaired) electrons. The van der Waals surface area contributed by atoms with Gasteiger partial charge >= 0.3 is 0 Å². The fraction of sp³-hybridized carbons (Fsp3) is 0.520. The maximum atomic E-state index is 2.42. The minimum absolute atomic E-state index is 0.234. The quantitative estimate of drug-likeness (QED) is 0.276. The summed E-state index contributed by atoms with van der Waals surface area (Å²) in [7, 11) is -0.234. The van der Waals surface area contributed by atoms with Gasteiger partial charge in [-0.25, -0.2) is 0 Å². The smallest absolute Gasteiger partial charge is 0.0163 e. The Morgan fingerprint density at radius 1 is 0.654 bits per heavy atom. The highest BCUT2D eigenvalue weighted by Crippen LogP contribution is 2.37. The lowest BCUT2D eigenvalue weighted by molar-refractivity contribution is 0.626. The summed E-state index contributed by atoms with van der Waals surface area (Å²) in [6.45, 7) is 6.88. The minimum atomic E-state index is -0.234. The van der Waals surface area contributed by atoms with Gasteiger partial charge < -0.3 is 0 Å². The first-order valence-electron chi connectivity index (χ1n) is 10.7. The predicted octanol–water partition coefficient (Wildman–Crippen LogP) is 7.13. The number of aryl methyl sites for hydroxylation is 2. The van der Waals surface area contributed by atoms with Crippen LogP contribution in [0.15, 0.2) is 48.5 Å². The van der Waals surface area contributed by atoms with Gasteiger partial charge in [-0.3, -0.25) is 0 Å². The van der Waals surface area contributed by atoms with Gasteiger partial charge in [0, 0.05) is 0 Å². The van der Waals surface area contributed by atoms with Crippen molar-refractivity contribution in [3.8, 4) is 0 Å². The number of benzene rings is 2. The van der Waals surface area contributed by atoms with Crippen molar-refractivity contribution in [3.05, 3.63) is 59.7 Å². The summed E-state index contributed by atoms with van der Waals surface area (Å²) in [5.74, 6) is 0. The summed E-state index contributed by atoms with van der Waals surface area (Å²) < 4.78 is 0. The van der Waals surface area contributed by atoms with Gasteiger partial charge in [0.2, 0.25) is 0 Å². The van der Waals surface area contributed by atoms with Crippen molar-refractivity contribution in [2.45, 2.75) is 78.6 Å². The molecule has 1 unspecified atom stereocenters. The standard InChI is InChI=1S/C25H37P/c1-4-6-8-9-10-15-21-26(24-19-13-11-16-22(24)3)25-20-14-12-18-23(25)17-7-5-2/h11-14,16,18-20H,4-10,15,17,21H2,1-3H3. The zero-order valence-corrected chi connectivity index (χ0v) is 18.0. The van der Waals surface area contributed by atoms with Crippen molar-refractivity contribution in [2.24, 2.45) is 0 Å². The van der Waals surface area contributed by atoms with Gasteiger partial charge in [-0.05, 0) is 62.0 Å². The van der Waals surface area contributed by atoms with Crippen molar-refractivity contribution in [2.75, 3.05) is 6.16 Å². The molecule has 0 aliphatic carbocycles. The van der Waals surface area contributed by atoms with Crippen molar-refractivity contribution >= 4 is 18.5 Å². The van der Waals surface area contributed by atoms with Crippen LogP contribution in [0.25, 0.3) is 0 Å². The third kappa shape index (κ3) is 6.55. The van der Waals surface area contributed by atoms with Gasteiger partial charge in [-0.2, -0.15) is 0 Å². The van der Waals surface area contributed by atoms with Crippen molar-refractivity contribution in [1.29, 1.82) is 0 Å². The monoisotopic (exact) mass is 368 g/mol. The molecule has 0 nitrogen and oxygen atoms in total. The molecular formula is C25H37P. The van der Waals surface area contributed by atoms with Gasteiger partial charge in [0.05, 0.1) is 0 Å². The molecule has 0 amide bonds. The molecule has 0 saturated carbocycles. The Bertz CT molecular complexity index is 632. The van der Waals surface area contributed by atoms with Crippen LogP contribution in [0.3, 0.4) is 0 Å². The van der Waals surface area contributed by atoms with Crippen LogP contribution in [0, 0.1) is 6.92 Å². The molecule has 0 aliphatic heterocycles. The molecule has 0 aromatic heterocycles. The third-order valence-electron chi connectivity index (χ3n) is 5.22. The van der Waals surface area contributed by atoms with Crippen molar-refractivity contribution in [1.82, 2.24) is 0 Å². The van der Waals surface area contributed by atoms with Crippen molar-refractivity contribution < 1.29 is 0 Å². The summed E-state index contributed by atoms with van der Waals surface area (Å²) in [5.41, 5.74) is 3.06. The van der Waals surface area contributed by atoms with E-state index < -0.39 is 0 Å². The molecule has 2 rings (SSSR count). The number of unbranched alkanes of at least 4 members (excludes halogenated alkanes) is 6. The zero-order chi connectivity index (χ0) is 18.6. The first-order valence-corrected chi connectivity index (χ1v) is 12.2. The Balaban J connectivity index is 2.17. The Labute approximate surface area is 163 Å². The van der Waals surface area contributed by atoms with Crippen molar-refractivity contribution in [3.63, 3.8) is 0 Å². The van der Waals surface area contributed by atoms with Crippen LogP contribution in [0.2, 0.25) is 0 Å². The SMILES string of the molecule is CCCCCCCCP(c1ccccc1C)c1ccccc1CCCC. The van der Waals surface area contributed by atoms with Crippen LogP contribution in [0.4, 0.5) is 0 Å². The first kappa shape index (κ1) is 21.2. The van der Waals surface area contributed by atoms with Crippen LogP contribution >= 0.6 is 7.92 Å². The molecule has 2 aromatic rings. The molecule has 0 spiro atoms. The molecule has 0 fully saturated rings. The second-order valence-electron chi connectivity index (χ2n) is 7.44. The maximum absolute atomic E-state index is 2.42. The van der Waals surface area contributed by atoms with Gasteiger partial charge in [-0.1, -0.05) is 101 Å². The van der Waals surface area contributed by atoms with E-state index in [2.05, 4.69) is 69.3 Å². The average Bonchev–Trinajstić information content (AvgIpc) is 2.67. The second kappa shape index (κ2) is 12.3. The lowest BCUT2D eigenvalue weighted by Gasteiger charge is -2.23. The molecule has 2 aromatic carbocycles. The Morgan fingerprint density at radius 3 is 2.00 bits per heavy atom. The first-order chi connectivity index (χ1) is 12.8. The lowest BCUT2D eigenvalue weighted by atomic mass is 10.1. The maximum Gasteiger partial charge on any atom is -0.0163 e. The molecule has 0 bridgehead atoms. The molecule has 0 heterocycles. The summed E-state index contributed by atoms with van der Waals surface area (Å²) in [6, 6.07) is 18.4. The summed E-state index contributed by atoms with van der Waals surface area (Å²) in [6.07, 6.45) is 13.4. The van der Waals surface area contributed by atoms with Crippen LogP contribution < -0.4 is 10.6 Å². The average molecular weight is 369 g/mol. The molecule has 1 heteroatoms. The number of hydrogen-bond acceptors (Lipinski definition) is 0. The minimum Gasteiger partial charge on any atom is -0.0654 e. The van der Waals surface area contributed by atoms with E-state index in [0.29, 0.717) is 0 Å². The second-order valence-corrected chi connectivity index (χ2v) is 9.71. The van der Waals surface area contributed by atoms with Crippen LogP contribution in [0.1, 0.15) is 76.3 Å². The van der Waals surface area contributed by atoms with E-state index in [9.17, 15) is 0 Å². The molecule has 0 N–H and O–H groups in total. The molecule has 0 aliphatic rings. The van der Waals surface area contributed by atoms with Gasteiger partial charge in [0.15, 0.2) is 0 Å². The van der Waals surface area contributed by atoms with Crippen LogP contribution in [-0.4, -0.2) is 6.16 Å². The molecular weight excluding hydrogens is 331 g/mol. The molecule has 142 valence electrons. The largest absolute Gasteiger partial charge is 0.0654 e. The van der Waals surface area contributed by atoms with Crippen LogP contribution in [0.5, 0.6) is 0 Å². The van der Waals surface area contributed by atoms with Crippen LogP contribution in [-0.2, 0) is 6.42 Å². The lowest BCUT2D eigenvalue weighted by Crippen LogP contribution is -2.20. The van der Waals surface area contributed by atoms with E-state index in [1.54, 1.807) is 16.2 Å². The summed E-state index contributed by atoms with van der Waals surface area (Å²) in [4.78, 5) is 0. The molecule has 1 atom stereocenters.